The first kappa shape index (κ1) is 10.9. The van der Waals surface area contributed by atoms with E-state index in [0.717, 1.165) is 6.42 Å². The summed E-state index contributed by atoms with van der Waals surface area (Å²) in [6, 6.07) is 2.91. The van der Waals surface area contributed by atoms with Crippen molar-refractivity contribution in [2.45, 2.75) is 31.9 Å². The fourth-order valence-corrected chi connectivity index (χ4v) is 2.15. The molecule has 0 bridgehead atoms. The maximum absolute atomic E-state index is 11.6. The van der Waals surface area contributed by atoms with E-state index in [1.807, 2.05) is 0 Å². The Labute approximate surface area is 92.0 Å². The molecule has 86 valence electrons. The molecule has 1 unspecified atom stereocenters. The zero-order valence-electron chi connectivity index (χ0n) is 8.72. The molecule has 2 N–H and O–H groups in total. The van der Waals surface area contributed by atoms with E-state index in [0.29, 0.717) is 24.1 Å². The number of aliphatic hydroxyl groups is 1. The van der Waals surface area contributed by atoms with Crippen LogP contribution in [0.25, 0.3) is 0 Å². The van der Waals surface area contributed by atoms with Crippen molar-refractivity contribution in [3.05, 3.63) is 33.7 Å². The number of fused-ring (bicyclic) bond motifs is 1. The molecule has 0 saturated carbocycles. The molecule has 0 saturated heterocycles. The van der Waals surface area contributed by atoms with Gasteiger partial charge in [0.1, 0.15) is 6.54 Å². The number of pyridine rings is 1. The lowest BCUT2D eigenvalue weighted by atomic mass is 9.93. The summed E-state index contributed by atoms with van der Waals surface area (Å²) in [5, 5.41) is 18.5. The van der Waals surface area contributed by atoms with Gasteiger partial charge in [0.2, 0.25) is 0 Å². The lowest BCUT2D eigenvalue weighted by Gasteiger charge is -2.23. The molecule has 1 aromatic heterocycles. The number of hydrogen-bond acceptors (Lipinski definition) is 3. The predicted molar refractivity (Wildman–Crippen MR) is 56.2 cm³/mol. The van der Waals surface area contributed by atoms with Gasteiger partial charge in [-0.25, -0.2) is 0 Å². The Kier molecular flexibility index (Phi) is 2.78. The normalized spacial score (nSPS) is 19.2. The van der Waals surface area contributed by atoms with E-state index in [1.54, 1.807) is 6.07 Å². The molecule has 0 spiro atoms. The van der Waals surface area contributed by atoms with E-state index in [2.05, 4.69) is 0 Å². The zero-order valence-corrected chi connectivity index (χ0v) is 8.72. The lowest BCUT2D eigenvalue weighted by molar-refractivity contribution is -0.137. The maximum Gasteiger partial charge on any atom is 0.323 e. The summed E-state index contributed by atoms with van der Waals surface area (Å²) in [7, 11) is 0. The number of aliphatic hydroxyl groups excluding tert-OH is 1. The number of aromatic nitrogens is 1. The average molecular weight is 223 g/mol. The third kappa shape index (κ3) is 1.86. The fourth-order valence-electron chi connectivity index (χ4n) is 2.15. The molecule has 0 fully saturated rings. The van der Waals surface area contributed by atoms with Gasteiger partial charge in [-0.05, 0) is 25.3 Å². The van der Waals surface area contributed by atoms with Gasteiger partial charge in [0.15, 0.2) is 0 Å². The van der Waals surface area contributed by atoms with Gasteiger partial charge in [-0.15, -0.1) is 0 Å². The zero-order chi connectivity index (χ0) is 11.7. The van der Waals surface area contributed by atoms with Crippen molar-refractivity contribution >= 4 is 5.97 Å². The van der Waals surface area contributed by atoms with Crippen molar-refractivity contribution in [2.24, 2.45) is 0 Å². The molecule has 0 amide bonds. The van der Waals surface area contributed by atoms with Crippen molar-refractivity contribution in [2.75, 3.05) is 0 Å². The second-order valence-corrected chi connectivity index (χ2v) is 3.96. The Balaban J connectivity index is 2.54. The van der Waals surface area contributed by atoms with Crippen molar-refractivity contribution in [3.63, 3.8) is 0 Å². The van der Waals surface area contributed by atoms with Gasteiger partial charge < -0.3 is 14.8 Å². The molecule has 16 heavy (non-hydrogen) atoms. The summed E-state index contributed by atoms with van der Waals surface area (Å²) in [6.45, 7) is -0.339. The van der Waals surface area contributed by atoms with Crippen LogP contribution in [0.1, 0.15) is 30.2 Å². The highest BCUT2D eigenvalue weighted by atomic mass is 16.4. The smallest absolute Gasteiger partial charge is 0.323 e. The summed E-state index contributed by atoms with van der Waals surface area (Å²) in [5.74, 6) is -1.05. The first-order chi connectivity index (χ1) is 7.59. The second-order valence-electron chi connectivity index (χ2n) is 3.96. The van der Waals surface area contributed by atoms with Crippen LogP contribution < -0.4 is 5.56 Å². The molecular weight excluding hydrogens is 210 g/mol. The van der Waals surface area contributed by atoms with E-state index in [9.17, 15) is 14.7 Å². The number of aliphatic carboxylic acids is 1. The van der Waals surface area contributed by atoms with Gasteiger partial charge in [0.25, 0.3) is 5.56 Å². The number of carbonyl (C=O) groups is 1. The minimum absolute atomic E-state index is 0.324. The van der Waals surface area contributed by atoms with Crippen LogP contribution in [0, 0.1) is 0 Å². The molecular formula is C11H13NO4. The van der Waals surface area contributed by atoms with Gasteiger partial charge >= 0.3 is 5.97 Å². The van der Waals surface area contributed by atoms with Gasteiger partial charge in [-0.3, -0.25) is 9.59 Å². The summed E-state index contributed by atoms with van der Waals surface area (Å²) >= 11 is 0. The van der Waals surface area contributed by atoms with Crippen molar-refractivity contribution < 1.29 is 15.0 Å². The highest BCUT2D eigenvalue weighted by molar-refractivity contribution is 5.66. The largest absolute Gasteiger partial charge is 0.480 e. The number of carboxylic acids is 1. The highest BCUT2D eigenvalue weighted by Gasteiger charge is 2.21. The summed E-state index contributed by atoms with van der Waals surface area (Å²) in [4.78, 5) is 22.2. The molecule has 1 atom stereocenters. The minimum Gasteiger partial charge on any atom is -0.480 e. The second kappa shape index (κ2) is 4.09. The molecule has 5 heteroatoms. The average Bonchev–Trinajstić information content (AvgIpc) is 2.22. The molecule has 1 aromatic rings. The molecule has 1 aliphatic carbocycles. The first-order valence-electron chi connectivity index (χ1n) is 5.22. The lowest BCUT2D eigenvalue weighted by Crippen LogP contribution is -2.29. The van der Waals surface area contributed by atoms with Crippen LogP contribution in [-0.4, -0.2) is 20.7 Å². The summed E-state index contributed by atoms with van der Waals surface area (Å²) < 4.78 is 1.24. The van der Waals surface area contributed by atoms with Crippen molar-refractivity contribution in [3.8, 4) is 0 Å². The van der Waals surface area contributed by atoms with Crippen LogP contribution >= 0.6 is 0 Å². The van der Waals surface area contributed by atoms with Crippen LogP contribution in [-0.2, 0) is 17.8 Å². The third-order valence-corrected chi connectivity index (χ3v) is 2.87. The molecule has 0 radical (unpaired) electrons. The van der Waals surface area contributed by atoms with Gasteiger partial charge in [0.05, 0.1) is 6.10 Å². The van der Waals surface area contributed by atoms with E-state index in [-0.39, 0.29) is 12.1 Å². The van der Waals surface area contributed by atoms with Crippen LogP contribution in [0.5, 0.6) is 0 Å². The number of hydrogen-bond donors (Lipinski definition) is 2. The molecule has 1 heterocycles. The van der Waals surface area contributed by atoms with Crippen molar-refractivity contribution in [1.82, 2.24) is 4.57 Å². The van der Waals surface area contributed by atoms with Crippen LogP contribution in [0.15, 0.2) is 16.9 Å². The van der Waals surface area contributed by atoms with E-state index in [1.165, 1.54) is 10.6 Å². The van der Waals surface area contributed by atoms with E-state index >= 15 is 0 Å². The Hall–Kier alpha value is -1.62. The van der Waals surface area contributed by atoms with Gasteiger partial charge in [-0.2, -0.15) is 0 Å². The first-order valence-corrected chi connectivity index (χ1v) is 5.22. The molecule has 0 aliphatic heterocycles. The molecule has 1 aliphatic rings. The monoisotopic (exact) mass is 223 g/mol. The Morgan fingerprint density at radius 3 is 2.94 bits per heavy atom. The Morgan fingerprint density at radius 2 is 2.25 bits per heavy atom. The Morgan fingerprint density at radius 1 is 1.50 bits per heavy atom. The van der Waals surface area contributed by atoms with Gasteiger partial charge in [0, 0.05) is 17.3 Å². The molecule has 5 nitrogen and oxygen atoms in total. The predicted octanol–water partition coefficient (Wildman–Crippen LogP) is 0.303. The van der Waals surface area contributed by atoms with E-state index in [4.69, 9.17) is 5.11 Å². The minimum atomic E-state index is -1.05. The topological polar surface area (TPSA) is 79.5 Å². The number of nitrogens with zero attached hydrogens (tertiary/aromatic N) is 1. The summed E-state index contributed by atoms with van der Waals surface area (Å²) in [5.41, 5.74) is 1.02. The molecule has 2 rings (SSSR count). The van der Waals surface area contributed by atoms with Crippen LogP contribution in [0.2, 0.25) is 0 Å². The maximum atomic E-state index is 11.6. The fraction of sp³-hybridized carbons (Fsp3) is 0.455. The number of carboxylic acid groups (broad SMARTS) is 1. The summed E-state index contributed by atoms with van der Waals surface area (Å²) in [6.07, 6.45) is 1.51. The Bertz CT molecular complexity index is 477. The number of rotatable bonds is 2. The van der Waals surface area contributed by atoms with Crippen LogP contribution in [0.4, 0.5) is 0 Å². The quantitative estimate of drug-likeness (QED) is 0.755. The van der Waals surface area contributed by atoms with Crippen molar-refractivity contribution in [1.29, 1.82) is 0 Å². The molecule has 0 aromatic carbocycles. The standard InChI is InChI=1S/C11H13NO4/c13-9-3-1-2-8-7(9)4-5-10(14)12(8)6-11(15)16/h4-5,9,13H,1-3,6H2,(H,15,16). The van der Waals surface area contributed by atoms with Crippen LogP contribution in [0.3, 0.4) is 0 Å². The van der Waals surface area contributed by atoms with E-state index < -0.39 is 12.1 Å². The highest BCUT2D eigenvalue weighted by Crippen LogP contribution is 2.28. The third-order valence-electron chi connectivity index (χ3n) is 2.87. The SMILES string of the molecule is O=C(O)Cn1c2c(ccc1=O)C(O)CCC2. The van der Waals surface area contributed by atoms with Gasteiger partial charge in [-0.1, -0.05) is 0 Å².